The van der Waals surface area contributed by atoms with Crippen LogP contribution in [0.3, 0.4) is 0 Å². The van der Waals surface area contributed by atoms with E-state index in [1.807, 2.05) is 14.7 Å². The molecule has 0 aromatic heterocycles. The molecule has 1 rings (SSSR count). The number of carboxylic acid groups (broad SMARTS) is 2. The molecule has 1 heterocycles. The Bertz CT molecular complexity index is 483. The van der Waals surface area contributed by atoms with Crippen LogP contribution in [0.25, 0.3) is 0 Å². The molecular weight excluding hydrogens is 364 g/mol. The highest BCUT2D eigenvalue weighted by Crippen LogP contribution is 2.04. The van der Waals surface area contributed by atoms with Gasteiger partial charge in [0.15, 0.2) is 0 Å². The first-order valence-corrected chi connectivity index (χ1v) is 9.98. The van der Waals surface area contributed by atoms with Crippen LogP contribution in [-0.2, 0) is 14.4 Å². The van der Waals surface area contributed by atoms with E-state index in [1.165, 1.54) is 6.92 Å². The van der Waals surface area contributed by atoms with Crippen LogP contribution in [0.4, 0.5) is 0 Å². The van der Waals surface area contributed by atoms with Crippen molar-refractivity contribution in [2.24, 2.45) is 5.92 Å². The lowest BCUT2D eigenvalue weighted by atomic mass is 10.2. The lowest BCUT2D eigenvalue weighted by molar-refractivity contribution is -0.139. The molecule has 0 aromatic rings. The maximum Gasteiger partial charge on any atom is 0.317 e. The van der Waals surface area contributed by atoms with Gasteiger partial charge < -0.3 is 15.1 Å². The number of hydrogen-bond acceptors (Lipinski definition) is 7. The molecule has 9 nitrogen and oxygen atoms in total. The van der Waals surface area contributed by atoms with Gasteiger partial charge in [0.05, 0.1) is 19.6 Å². The average molecular weight is 401 g/mol. The van der Waals surface area contributed by atoms with E-state index < -0.39 is 11.9 Å². The molecule has 0 radical (unpaired) electrons. The molecule has 0 aromatic carbocycles. The first kappa shape index (κ1) is 24.5. The molecule has 162 valence electrons. The zero-order valence-corrected chi connectivity index (χ0v) is 17.5. The fourth-order valence-corrected chi connectivity index (χ4v) is 3.45. The number of carbonyl (C=O) groups is 3. The van der Waals surface area contributed by atoms with Crippen molar-refractivity contribution in [3.05, 3.63) is 0 Å². The molecule has 0 aliphatic carbocycles. The van der Waals surface area contributed by atoms with Crippen LogP contribution in [0.15, 0.2) is 0 Å². The van der Waals surface area contributed by atoms with E-state index in [9.17, 15) is 24.6 Å². The van der Waals surface area contributed by atoms with Crippen molar-refractivity contribution >= 4 is 17.7 Å². The quantitative estimate of drug-likeness (QED) is 0.564. The third-order valence-electron chi connectivity index (χ3n) is 4.72. The van der Waals surface area contributed by atoms with Crippen LogP contribution in [0.1, 0.15) is 20.8 Å². The van der Waals surface area contributed by atoms with Crippen molar-refractivity contribution in [2.75, 3.05) is 78.5 Å². The molecule has 0 atom stereocenters. The van der Waals surface area contributed by atoms with Gasteiger partial charge >= 0.3 is 11.9 Å². The van der Waals surface area contributed by atoms with Crippen LogP contribution in [0.5, 0.6) is 0 Å². The minimum atomic E-state index is -0.853. The maximum atomic E-state index is 11.6. The van der Waals surface area contributed by atoms with Gasteiger partial charge in [0.25, 0.3) is 0 Å². The number of rotatable bonds is 8. The Hall–Kier alpha value is -1.55. The third kappa shape index (κ3) is 11.3. The predicted molar refractivity (Wildman–Crippen MR) is 107 cm³/mol. The Morgan fingerprint density at radius 2 is 1.00 bits per heavy atom. The normalized spacial score (nSPS) is 19.9. The van der Waals surface area contributed by atoms with Crippen LogP contribution >= 0.6 is 0 Å². The van der Waals surface area contributed by atoms with E-state index in [4.69, 9.17) is 0 Å². The minimum absolute atomic E-state index is 0.0193. The molecule has 1 aliphatic rings. The molecular formula is C19H36N4O5. The number of ketones is 1. The first-order chi connectivity index (χ1) is 13.2. The number of hydrogen-bond donors (Lipinski definition) is 2. The monoisotopic (exact) mass is 400 g/mol. The highest BCUT2D eigenvalue weighted by atomic mass is 16.4. The Kier molecular flexibility index (Phi) is 11.2. The van der Waals surface area contributed by atoms with Crippen LogP contribution in [0.2, 0.25) is 0 Å². The zero-order chi connectivity index (χ0) is 21.1. The second kappa shape index (κ2) is 12.8. The number of nitrogens with zero attached hydrogens (tertiary/aromatic N) is 4. The van der Waals surface area contributed by atoms with Crippen molar-refractivity contribution in [1.82, 2.24) is 19.6 Å². The number of carboxylic acids is 2. The van der Waals surface area contributed by atoms with Gasteiger partial charge in [-0.1, -0.05) is 13.8 Å². The van der Waals surface area contributed by atoms with Crippen molar-refractivity contribution < 1.29 is 24.6 Å². The Balaban J connectivity index is 2.89. The van der Waals surface area contributed by atoms with Crippen molar-refractivity contribution in [2.45, 2.75) is 20.8 Å². The Labute approximate surface area is 167 Å². The van der Waals surface area contributed by atoms with Crippen molar-refractivity contribution in [1.29, 1.82) is 0 Å². The molecule has 2 N–H and O–H groups in total. The Morgan fingerprint density at radius 1 is 0.679 bits per heavy atom. The van der Waals surface area contributed by atoms with Gasteiger partial charge in [-0.25, -0.2) is 0 Å². The van der Waals surface area contributed by atoms with Crippen LogP contribution < -0.4 is 0 Å². The summed E-state index contributed by atoms with van der Waals surface area (Å²) in [6.45, 7) is 12.0. The first-order valence-electron chi connectivity index (χ1n) is 9.98. The smallest absolute Gasteiger partial charge is 0.317 e. The highest BCUT2D eigenvalue weighted by Gasteiger charge is 2.19. The van der Waals surface area contributed by atoms with Gasteiger partial charge in [-0.3, -0.25) is 29.1 Å². The van der Waals surface area contributed by atoms with Gasteiger partial charge in [-0.2, -0.15) is 0 Å². The van der Waals surface area contributed by atoms with Gasteiger partial charge in [0.1, 0.15) is 5.78 Å². The highest BCUT2D eigenvalue weighted by molar-refractivity contribution is 5.77. The fraction of sp³-hybridized carbons (Fsp3) is 0.842. The minimum Gasteiger partial charge on any atom is -0.480 e. The SMILES string of the molecule is CC(=O)CN1CCN(CC(=O)O)CCN(CC(C)C)CCN(CC(=O)O)CC1. The number of Topliss-reactive ketones (excluding diaryl/α,β-unsaturated/α-hetero) is 1. The van der Waals surface area contributed by atoms with Gasteiger partial charge in [0, 0.05) is 58.9 Å². The lowest BCUT2D eigenvalue weighted by Crippen LogP contribution is -2.48. The summed E-state index contributed by atoms with van der Waals surface area (Å²) < 4.78 is 0. The Morgan fingerprint density at radius 3 is 1.29 bits per heavy atom. The predicted octanol–water partition coefficient (Wildman–Crippen LogP) is -0.378. The van der Waals surface area contributed by atoms with E-state index in [0.29, 0.717) is 51.7 Å². The second-order valence-electron chi connectivity index (χ2n) is 8.01. The average Bonchev–Trinajstić information content (AvgIpc) is 2.55. The molecule has 0 amide bonds. The van der Waals surface area contributed by atoms with E-state index in [1.54, 1.807) is 0 Å². The summed E-state index contributed by atoms with van der Waals surface area (Å²) in [6, 6.07) is 0. The zero-order valence-electron chi connectivity index (χ0n) is 17.5. The molecule has 28 heavy (non-hydrogen) atoms. The molecule has 1 saturated heterocycles. The topological polar surface area (TPSA) is 105 Å². The number of aliphatic carboxylic acids is 2. The van der Waals surface area contributed by atoms with Crippen LogP contribution in [0, 0.1) is 5.92 Å². The molecule has 0 spiro atoms. The summed E-state index contributed by atoms with van der Waals surface area (Å²) in [5, 5.41) is 18.4. The molecule has 0 unspecified atom stereocenters. The molecule has 1 aliphatic heterocycles. The molecule has 0 saturated carbocycles. The van der Waals surface area contributed by atoms with E-state index in [0.717, 1.165) is 19.6 Å². The van der Waals surface area contributed by atoms with E-state index in [2.05, 4.69) is 18.7 Å². The molecule has 9 heteroatoms. The van der Waals surface area contributed by atoms with Crippen LogP contribution in [-0.4, -0.2) is 126 Å². The summed E-state index contributed by atoms with van der Waals surface area (Å²) >= 11 is 0. The largest absolute Gasteiger partial charge is 0.480 e. The van der Waals surface area contributed by atoms with Gasteiger partial charge in [-0.15, -0.1) is 0 Å². The third-order valence-corrected chi connectivity index (χ3v) is 4.72. The summed E-state index contributed by atoms with van der Waals surface area (Å²) in [5.41, 5.74) is 0. The summed E-state index contributed by atoms with van der Waals surface area (Å²) in [6.07, 6.45) is 0. The molecule has 1 fully saturated rings. The van der Waals surface area contributed by atoms with Gasteiger partial charge in [-0.05, 0) is 12.8 Å². The number of carbonyl (C=O) groups excluding carboxylic acids is 1. The van der Waals surface area contributed by atoms with Crippen molar-refractivity contribution in [3.8, 4) is 0 Å². The molecule has 0 bridgehead atoms. The second-order valence-corrected chi connectivity index (χ2v) is 8.01. The van der Waals surface area contributed by atoms with Crippen molar-refractivity contribution in [3.63, 3.8) is 0 Å². The lowest BCUT2D eigenvalue weighted by Gasteiger charge is -2.33. The summed E-state index contributed by atoms with van der Waals surface area (Å²) in [7, 11) is 0. The maximum absolute atomic E-state index is 11.6. The van der Waals surface area contributed by atoms with Gasteiger partial charge in [0.2, 0.25) is 0 Å². The standard InChI is InChI=1S/C19H36N4O5/c1-16(2)12-20-4-8-22(14-18(25)26)10-6-21(13-17(3)24)7-11-23(9-5-20)15-19(27)28/h16H,4-15H2,1-3H3,(H,25,26)(H,27,28). The summed E-state index contributed by atoms with van der Waals surface area (Å²) in [5.74, 6) is -1.19. The fourth-order valence-electron chi connectivity index (χ4n) is 3.45. The van der Waals surface area contributed by atoms with E-state index in [-0.39, 0.29) is 18.9 Å². The van der Waals surface area contributed by atoms with E-state index >= 15 is 0 Å². The summed E-state index contributed by atoms with van der Waals surface area (Å²) in [4.78, 5) is 42.1.